The van der Waals surface area contributed by atoms with Crippen molar-refractivity contribution in [2.24, 2.45) is 5.73 Å². The average molecular weight is 792 g/mol. The van der Waals surface area contributed by atoms with Gasteiger partial charge in [-0.2, -0.15) is 0 Å². The highest BCUT2D eigenvalue weighted by Crippen LogP contribution is 2.43. The number of carbonyl (C=O) groups is 2. The second-order valence-corrected chi connectivity index (χ2v) is 15.3. The fourth-order valence-electron chi connectivity index (χ4n) is 5.43. The van der Waals surface area contributed by atoms with Crippen molar-refractivity contribution in [2.75, 3.05) is 26.4 Å². The van der Waals surface area contributed by atoms with Crippen LogP contribution in [0, 0.1) is 0 Å². The number of nitrogens with two attached hydrogens (primary N) is 1. The number of hydrogen-bond acceptors (Lipinski definition) is 8. The van der Waals surface area contributed by atoms with Crippen molar-refractivity contribution in [3.63, 3.8) is 0 Å². The van der Waals surface area contributed by atoms with Gasteiger partial charge in [0.1, 0.15) is 6.61 Å². The molecule has 0 amide bonds. The molecular formula is C45H78NO8P. The zero-order valence-corrected chi connectivity index (χ0v) is 35.5. The molecular weight excluding hydrogens is 713 g/mol. The van der Waals surface area contributed by atoms with E-state index in [-0.39, 0.29) is 32.6 Å². The van der Waals surface area contributed by atoms with E-state index in [1.165, 1.54) is 64.2 Å². The van der Waals surface area contributed by atoms with Crippen LogP contribution in [0.4, 0.5) is 0 Å². The van der Waals surface area contributed by atoms with E-state index >= 15 is 0 Å². The van der Waals surface area contributed by atoms with Crippen LogP contribution in [0.25, 0.3) is 0 Å². The molecule has 0 spiro atoms. The minimum Gasteiger partial charge on any atom is -0.462 e. The summed E-state index contributed by atoms with van der Waals surface area (Å²) in [4.78, 5) is 34.8. The standard InChI is InChI=1S/C45H78NO8P/c1-3-5-7-9-11-13-15-17-19-21-23-25-27-29-31-33-35-37-44(47)51-41-43(42-53-55(49,50)52-40-39-46)54-45(48)38-36-34-32-30-28-26-24-22-20-18-16-14-12-10-8-6-4-2/h5,7,11,13,17-20,23,25,29,31,43H,3-4,6,8-10,12,14-16,21-22,24,26-28,30,32-42,46H2,1-2H3,(H,49,50)/b7-5-,13-11-,19-17-,20-18-,25-23-,31-29-/t43-/m1/s1. The van der Waals surface area contributed by atoms with Gasteiger partial charge < -0.3 is 20.1 Å². The van der Waals surface area contributed by atoms with Gasteiger partial charge in [0.25, 0.3) is 0 Å². The lowest BCUT2D eigenvalue weighted by atomic mass is 10.1. The Morgan fingerprint density at radius 3 is 1.56 bits per heavy atom. The molecule has 9 nitrogen and oxygen atoms in total. The molecule has 1 unspecified atom stereocenters. The third-order valence-corrected chi connectivity index (χ3v) is 9.56. The third-order valence-electron chi connectivity index (χ3n) is 8.58. The monoisotopic (exact) mass is 792 g/mol. The smallest absolute Gasteiger partial charge is 0.462 e. The summed E-state index contributed by atoms with van der Waals surface area (Å²) < 4.78 is 32.7. The Kier molecular flexibility index (Phi) is 39.2. The second kappa shape index (κ2) is 41.1. The normalized spacial score (nSPS) is 14.0. The minimum atomic E-state index is -4.39. The number of phosphoric acid groups is 1. The molecule has 0 aliphatic rings. The molecule has 0 fully saturated rings. The van der Waals surface area contributed by atoms with E-state index in [0.29, 0.717) is 12.8 Å². The molecule has 55 heavy (non-hydrogen) atoms. The van der Waals surface area contributed by atoms with E-state index in [0.717, 1.165) is 64.2 Å². The lowest BCUT2D eigenvalue weighted by Crippen LogP contribution is -2.29. The molecule has 0 aliphatic heterocycles. The van der Waals surface area contributed by atoms with Crippen molar-refractivity contribution < 1.29 is 37.6 Å². The highest BCUT2D eigenvalue weighted by atomic mass is 31.2. The molecule has 0 aliphatic carbocycles. The quantitative estimate of drug-likeness (QED) is 0.0270. The van der Waals surface area contributed by atoms with Gasteiger partial charge in [0.15, 0.2) is 6.10 Å². The van der Waals surface area contributed by atoms with Gasteiger partial charge in [0.2, 0.25) is 0 Å². The predicted molar refractivity (Wildman–Crippen MR) is 229 cm³/mol. The van der Waals surface area contributed by atoms with E-state index in [4.69, 9.17) is 24.3 Å². The van der Waals surface area contributed by atoms with Crippen LogP contribution in [-0.2, 0) is 32.7 Å². The van der Waals surface area contributed by atoms with Crippen molar-refractivity contribution in [2.45, 2.75) is 174 Å². The molecule has 2 atom stereocenters. The summed E-state index contributed by atoms with van der Waals surface area (Å²) in [6.07, 6.45) is 49.4. The molecule has 316 valence electrons. The summed E-state index contributed by atoms with van der Waals surface area (Å²) in [6, 6.07) is 0. The zero-order chi connectivity index (χ0) is 40.3. The molecule has 0 saturated heterocycles. The van der Waals surface area contributed by atoms with Gasteiger partial charge in [0, 0.05) is 19.4 Å². The maximum Gasteiger partial charge on any atom is 0.472 e. The Morgan fingerprint density at radius 2 is 1.02 bits per heavy atom. The van der Waals surface area contributed by atoms with E-state index in [1.807, 2.05) is 6.08 Å². The van der Waals surface area contributed by atoms with Gasteiger partial charge in [0.05, 0.1) is 13.2 Å². The first-order valence-electron chi connectivity index (χ1n) is 21.4. The number of rotatable bonds is 39. The minimum absolute atomic E-state index is 0.0419. The summed E-state index contributed by atoms with van der Waals surface area (Å²) in [5.41, 5.74) is 5.34. The maximum absolute atomic E-state index is 12.6. The highest BCUT2D eigenvalue weighted by Gasteiger charge is 2.25. The molecule has 10 heteroatoms. The summed E-state index contributed by atoms with van der Waals surface area (Å²) in [6.45, 7) is 3.53. The Bertz CT molecular complexity index is 1130. The SMILES string of the molecule is CC/C=C\C/C=C\C/C=C\C/C=C\C/C=C\CCCC(=O)OC[C@H](COP(=O)(O)OCCN)OC(=O)CCCCCCCCC/C=C\CCCCCCCC. The second-order valence-electron chi connectivity index (χ2n) is 13.8. The van der Waals surface area contributed by atoms with Crippen molar-refractivity contribution in [1.29, 1.82) is 0 Å². The number of allylic oxidation sites excluding steroid dienone is 12. The Morgan fingerprint density at radius 1 is 0.564 bits per heavy atom. The third kappa shape index (κ3) is 40.9. The lowest BCUT2D eigenvalue weighted by Gasteiger charge is -2.19. The van der Waals surface area contributed by atoms with Crippen LogP contribution in [0.1, 0.15) is 168 Å². The van der Waals surface area contributed by atoms with E-state index in [2.05, 4.69) is 80.7 Å². The van der Waals surface area contributed by atoms with Crippen LogP contribution < -0.4 is 5.73 Å². The fourth-order valence-corrected chi connectivity index (χ4v) is 6.19. The number of phosphoric ester groups is 1. The molecule has 0 rings (SSSR count). The summed E-state index contributed by atoms with van der Waals surface area (Å²) in [5.74, 6) is -0.907. The largest absolute Gasteiger partial charge is 0.472 e. The van der Waals surface area contributed by atoms with Crippen LogP contribution in [0.3, 0.4) is 0 Å². The van der Waals surface area contributed by atoms with Crippen molar-refractivity contribution >= 4 is 19.8 Å². The topological polar surface area (TPSA) is 134 Å². The van der Waals surface area contributed by atoms with Crippen molar-refractivity contribution in [3.05, 3.63) is 72.9 Å². The summed E-state index contributed by atoms with van der Waals surface area (Å²) in [5, 5.41) is 0. The number of unbranched alkanes of at least 4 members (excludes halogenated alkanes) is 14. The molecule has 0 aromatic rings. The van der Waals surface area contributed by atoms with Gasteiger partial charge >= 0.3 is 19.8 Å². The molecule has 3 N–H and O–H groups in total. The first-order chi connectivity index (χ1) is 26.8. The molecule has 0 radical (unpaired) electrons. The Labute approximate surface area is 335 Å². The van der Waals surface area contributed by atoms with Crippen LogP contribution in [-0.4, -0.2) is 49.3 Å². The lowest BCUT2D eigenvalue weighted by molar-refractivity contribution is -0.161. The van der Waals surface area contributed by atoms with Gasteiger partial charge in [-0.05, 0) is 77.0 Å². The Hall–Kier alpha value is -2.55. The highest BCUT2D eigenvalue weighted by molar-refractivity contribution is 7.47. The van der Waals surface area contributed by atoms with Gasteiger partial charge in [-0.25, -0.2) is 4.57 Å². The average Bonchev–Trinajstić information content (AvgIpc) is 3.17. The number of hydrogen-bond donors (Lipinski definition) is 2. The maximum atomic E-state index is 12.6. The zero-order valence-electron chi connectivity index (χ0n) is 34.6. The summed E-state index contributed by atoms with van der Waals surface area (Å²) in [7, 11) is -4.39. The molecule has 0 saturated carbocycles. The predicted octanol–water partition coefficient (Wildman–Crippen LogP) is 12.3. The van der Waals surface area contributed by atoms with E-state index in [9.17, 15) is 19.0 Å². The number of carbonyl (C=O) groups excluding carboxylic acids is 2. The number of esters is 2. The van der Waals surface area contributed by atoms with Crippen molar-refractivity contribution in [3.8, 4) is 0 Å². The summed E-state index contributed by atoms with van der Waals surface area (Å²) >= 11 is 0. The molecule has 0 heterocycles. The van der Waals surface area contributed by atoms with E-state index < -0.39 is 32.5 Å². The Balaban J connectivity index is 4.27. The number of ether oxygens (including phenoxy) is 2. The van der Waals surface area contributed by atoms with Crippen LogP contribution in [0.5, 0.6) is 0 Å². The first kappa shape index (κ1) is 52.5. The van der Waals surface area contributed by atoms with Gasteiger partial charge in [-0.1, -0.05) is 151 Å². The van der Waals surface area contributed by atoms with Crippen LogP contribution >= 0.6 is 7.82 Å². The van der Waals surface area contributed by atoms with Gasteiger partial charge in [-0.3, -0.25) is 18.6 Å². The van der Waals surface area contributed by atoms with Crippen LogP contribution in [0.15, 0.2) is 72.9 Å². The van der Waals surface area contributed by atoms with E-state index in [1.54, 1.807) is 0 Å². The molecule has 0 aromatic heterocycles. The first-order valence-corrected chi connectivity index (χ1v) is 22.9. The molecule has 0 bridgehead atoms. The van der Waals surface area contributed by atoms with Crippen LogP contribution in [0.2, 0.25) is 0 Å². The molecule has 0 aromatic carbocycles. The van der Waals surface area contributed by atoms with Gasteiger partial charge in [-0.15, -0.1) is 0 Å². The fraction of sp³-hybridized carbons (Fsp3) is 0.689. The van der Waals surface area contributed by atoms with Crippen molar-refractivity contribution in [1.82, 2.24) is 0 Å².